The van der Waals surface area contributed by atoms with Crippen LogP contribution < -0.4 is 0 Å². The first-order chi connectivity index (χ1) is 7.20. The Balaban J connectivity index is 3.63. The van der Waals surface area contributed by atoms with E-state index in [0.717, 1.165) is 0 Å². The van der Waals surface area contributed by atoms with Gasteiger partial charge in [0.2, 0.25) is 0 Å². The fourth-order valence-electron chi connectivity index (χ4n) is 0.804. The molecule has 0 saturated carbocycles. The van der Waals surface area contributed by atoms with E-state index >= 15 is 0 Å². The summed E-state index contributed by atoms with van der Waals surface area (Å²) in [4.78, 5) is 0. The van der Waals surface area contributed by atoms with Gasteiger partial charge in [-0.1, -0.05) is 0 Å². The molecule has 0 aliphatic carbocycles. The van der Waals surface area contributed by atoms with Crippen molar-refractivity contribution in [1.29, 1.82) is 0 Å². The summed E-state index contributed by atoms with van der Waals surface area (Å²) >= 11 is -2.01. The van der Waals surface area contributed by atoms with Gasteiger partial charge >= 0.3 is 15.1 Å². The fraction of sp³-hybridized carbons (Fsp3) is 1.00. The standard InChI is InChI=1S/2C3H7O2.C3H7O.Al/c2*1-5-3-2-4;1-3(2)4;/h2*2-3H2,1H3;3H,1-2H3;/q3*-1;+3. The van der Waals surface area contributed by atoms with E-state index in [1.807, 2.05) is 13.8 Å². The lowest BCUT2D eigenvalue weighted by atomic mass is 10.5. The fourth-order valence-corrected chi connectivity index (χ4v) is 2.08. The summed E-state index contributed by atoms with van der Waals surface area (Å²) in [6, 6.07) is 0. The molecule has 0 aromatic heterocycles. The van der Waals surface area contributed by atoms with Crippen LogP contribution in [0.5, 0.6) is 0 Å². The molecule has 0 N–H and O–H groups in total. The first kappa shape index (κ1) is 15.3. The third-order valence-corrected chi connectivity index (χ3v) is 3.25. The van der Waals surface area contributed by atoms with E-state index in [4.69, 9.17) is 20.8 Å². The lowest BCUT2D eigenvalue weighted by Crippen LogP contribution is -2.32. The minimum atomic E-state index is -2.01. The predicted octanol–water partition coefficient (Wildman–Crippen LogP) is 0.722. The van der Waals surface area contributed by atoms with Gasteiger partial charge in [-0.05, 0) is 13.8 Å². The average Bonchev–Trinajstić information content (AvgIpc) is 2.17. The molecule has 0 aromatic rings. The van der Waals surface area contributed by atoms with E-state index in [1.165, 1.54) is 0 Å². The Hall–Kier alpha value is 0.332. The number of methoxy groups -OCH3 is 2. The van der Waals surface area contributed by atoms with Crippen LogP contribution >= 0.6 is 0 Å². The summed E-state index contributed by atoms with van der Waals surface area (Å²) in [6.07, 6.45) is 0.117. The lowest BCUT2D eigenvalue weighted by molar-refractivity contribution is 0.0368. The van der Waals surface area contributed by atoms with Crippen molar-refractivity contribution in [2.75, 3.05) is 40.6 Å². The average molecular weight is 236 g/mol. The van der Waals surface area contributed by atoms with Gasteiger partial charge in [0.25, 0.3) is 0 Å². The highest BCUT2D eigenvalue weighted by Gasteiger charge is 2.31. The van der Waals surface area contributed by atoms with Crippen molar-refractivity contribution in [2.24, 2.45) is 0 Å². The number of hydrogen-bond donors (Lipinski definition) is 0. The third kappa shape index (κ3) is 10.6. The number of rotatable bonds is 10. The van der Waals surface area contributed by atoms with Crippen molar-refractivity contribution < 1.29 is 20.8 Å². The molecule has 0 heterocycles. The lowest BCUT2D eigenvalue weighted by Gasteiger charge is -2.15. The highest BCUT2D eigenvalue weighted by Crippen LogP contribution is 1.98. The molecule has 0 unspecified atom stereocenters. The molecule has 0 saturated heterocycles. The number of ether oxygens (including phenoxy) is 2. The minimum absolute atomic E-state index is 0.117. The Bertz CT molecular complexity index is 124. The molecule has 0 amide bonds. The Morgan fingerprint density at radius 1 is 0.867 bits per heavy atom. The molecule has 0 radical (unpaired) electrons. The van der Waals surface area contributed by atoms with Gasteiger partial charge in [-0.2, -0.15) is 0 Å². The molecule has 90 valence electrons. The minimum Gasteiger partial charge on any atom is -0.452 e. The van der Waals surface area contributed by atoms with Crippen molar-refractivity contribution in [3.63, 3.8) is 0 Å². The van der Waals surface area contributed by atoms with Crippen molar-refractivity contribution in [1.82, 2.24) is 0 Å². The summed E-state index contributed by atoms with van der Waals surface area (Å²) in [5, 5.41) is 0. The van der Waals surface area contributed by atoms with Gasteiger partial charge in [0.15, 0.2) is 0 Å². The van der Waals surface area contributed by atoms with E-state index in [1.54, 1.807) is 14.2 Å². The molecule has 6 heteroatoms. The van der Waals surface area contributed by atoms with E-state index in [9.17, 15) is 0 Å². The summed E-state index contributed by atoms with van der Waals surface area (Å²) in [6.45, 7) is 6.04. The molecule has 0 aromatic carbocycles. The van der Waals surface area contributed by atoms with Crippen LogP contribution in [0.4, 0.5) is 0 Å². The van der Waals surface area contributed by atoms with Crippen LogP contribution in [0.2, 0.25) is 0 Å². The first-order valence-electron chi connectivity index (χ1n) is 5.07. The van der Waals surface area contributed by atoms with E-state index in [2.05, 4.69) is 0 Å². The quantitative estimate of drug-likeness (QED) is 0.413. The van der Waals surface area contributed by atoms with E-state index in [0.29, 0.717) is 26.4 Å². The van der Waals surface area contributed by atoms with Gasteiger partial charge in [0, 0.05) is 33.5 Å². The maximum absolute atomic E-state index is 5.53. The molecule has 0 atom stereocenters. The Morgan fingerprint density at radius 3 is 1.67 bits per heavy atom. The van der Waals surface area contributed by atoms with Crippen molar-refractivity contribution in [3.05, 3.63) is 0 Å². The first-order valence-corrected chi connectivity index (χ1v) is 6.48. The van der Waals surface area contributed by atoms with Crippen LogP contribution in [0, 0.1) is 0 Å². The topological polar surface area (TPSA) is 46.2 Å². The molecular formula is C9H21AlO5. The summed E-state index contributed by atoms with van der Waals surface area (Å²) in [7, 11) is 3.27. The highest BCUT2D eigenvalue weighted by atomic mass is 27.3. The highest BCUT2D eigenvalue weighted by molar-refractivity contribution is 6.36. The Kier molecular flexibility index (Phi) is 11.1. The van der Waals surface area contributed by atoms with Crippen molar-refractivity contribution in [2.45, 2.75) is 20.0 Å². The van der Waals surface area contributed by atoms with Crippen molar-refractivity contribution in [3.8, 4) is 0 Å². The molecule has 0 aliphatic heterocycles. The molecular weight excluding hydrogens is 215 g/mol. The normalized spacial score (nSPS) is 11.0. The summed E-state index contributed by atoms with van der Waals surface area (Å²) in [5.41, 5.74) is 0. The number of hydrogen-bond acceptors (Lipinski definition) is 5. The zero-order valence-electron chi connectivity index (χ0n) is 10.0. The zero-order chi connectivity index (χ0) is 11.5. The molecule has 15 heavy (non-hydrogen) atoms. The maximum Gasteiger partial charge on any atom is 0.905 e. The van der Waals surface area contributed by atoms with Crippen LogP contribution in [-0.2, 0) is 20.8 Å². The predicted molar refractivity (Wildman–Crippen MR) is 57.6 cm³/mol. The second-order valence-corrected chi connectivity index (χ2v) is 4.72. The molecule has 0 fully saturated rings. The summed E-state index contributed by atoms with van der Waals surface area (Å²) in [5.74, 6) is 0. The van der Waals surface area contributed by atoms with E-state index < -0.39 is 15.1 Å². The monoisotopic (exact) mass is 236 g/mol. The Morgan fingerprint density at radius 2 is 1.33 bits per heavy atom. The van der Waals surface area contributed by atoms with Crippen LogP contribution in [-0.4, -0.2) is 61.9 Å². The molecule has 0 bridgehead atoms. The van der Waals surface area contributed by atoms with Crippen LogP contribution in [0.1, 0.15) is 13.8 Å². The maximum atomic E-state index is 5.53. The zero-order valence-corrected chi connectivity index (χ0v) is 11.2. The van der Waals surface area contributed by atoms with Gasteiger partial charge in [0.05, 0.1) is 13.2 Å². The van der Waals surface area contributed by atoms with Crippen LogP contribution in [0.3, 0.4) is 0 Å². The second-order valence-electron chi connectivity index (χ2n) is 3.20. The van der Waals surface area contributed by atoms with Gasteiger partial charge in [-0.15, -0.1) is 0 Å². The smallest absolute Gasteiger partial charge is 0.452 e. The molecule has 0 rings (SSSR count). The van der Waals surface area contributed by atoms with Crippen LogP contribution in [0.15, 0.2) is 0 Å². The molecule has 0 aliphatic rings. The second kappa shape index (κ2) is 10.8. The molecule has 5 nitrogen and oxygen atoms in total. The van der Waals surface area contributed by atoms with Crippen LogP contribution in [0.25, 0.3) is 0 Å². The summed E-state index contributed by atoms with van der Waals surface area (Å²) < 4.78 is 26.2. The third-order valence-electron chi connectivity index (χ3n) is 1.47. The SMILES string of the molecule is COCC[O][Al]([O]CCOC)[O]C(C)C. The van der Waals surface area contributed by atoms with Gasteiger partial charge < -0.3 is 20.8 Å². The van der Waals surface area contributed by atoms with Gasteiger partial charge in [0.1, 0.15) is 0 Å². The molecule has 0 spiro atoms. The Labute approximate surface area is 97.0 Å². The largest absolute Gasteiger partial charge is 0.905 e. The van der Waals surface area contributed by atoms with Crippen molar-refractivity contribution >= 4 is 15.1 Å². The van der Waals surface area contributed by atoms with E-state index in [-0.39, 0.29) is 6.10 Å². The van der Waals surface area contributed by atoms with Gasteiger partial charge in [-0.3, -0.25) is 0 Å². The van der Waals surface area contributed by atoms with Gasteiger partial charge in [-0.25, -0.2) is 0 Å².